The van der Waals surface area contributed by atoms with Crippen LogP contribution in [0.15, 0.2) is 36.4 Å². The minimum Gasteiger partial charge on any atom is -0.385 e. The summed E-state index contributed by atoms with van der Waals surface area (Å²) in [6.45, 7) is 3.93. The van der Waals surface area contributed by atoms with Crippen LogP contribution in [0.3, 0.4) is 0 Å². The number of halogens is 1. The number of rotatable bonds is 17. The van der Waals surface area contributed by atoms with Gasteiger partial charge in [-0.1, -0.05) is 73.5 Å². The fourth-order valence-corrected chi connectivity index (χ4v) is 3.30. The van der Waals surface area contributed by atoms with Crippen molar-refractivity contribution in [2.24, 2.45) is 0 Å². The number of carbonyl (C=O) groups is 1. The van der Waals surface area contributed by atoms with Gasteiger partial charge in [-0.15, -0.1) is 0 Å². The number of unbranched alkanes of at least 4 members (excludes halogenated alkanes) is 8. The van der Waals surface area contributed by atoms with E-state index in [-0.39, 0.29) is 5.91 Å². The number of amides is 1. The quantitative estimate of drug-likeness (QED) is 0.151. The van der Waals surface area contributed by atoms with Crippen LogP contribution in [-0.4, -0.2) is 24.3 Å². The lowest BCUT2D eigenvalue weighted by Gasteiger charge is -2.07. The first-order valence-corrected chi connectivity index (χ1v) is 12.2. The molecule has 0 aliphatic carbocycles. The zero-order valence-corrected chi connectivity index (χ0v) is 19.2. The Morgan fingerprint density at radius 1 is 0.857 bits per heavy atom. The molecule has 1 aromatic rings. The van der Waals surface area contributed by atoms with Crippen LogP contribution in [0, 0.1) is 0 Å². The van der Waals surface area contributed by atoms with Crippen molar-refractivity contribution in [3.8, 4) is 0 Å². The third kappa shape index (κ3) is 13.0. The Balaban J connectivity index is 2.03. The molecule has 28 heavy (non-hydrogen) atoms. The second-order valence-electron chi connectivity index (χ2n) is 7.33. The largest absolute Gasteiger partial charge is 0.385 e. The smallest absolute Gasteiger partial charge is 0.251 e. The van der Waals surface area contributed by atoms with Crippen molar-refractivity contribution in [3.63, 3.8) is 0 Å². The van der Waals surface area contributed by atoms with Crippen LogP contribution in [0.2, 0.25) is 0 Å². The number of carbonyl (C=O) groups excluding carboxylic acids is 1. The Morgan fingerprint density at radius 3 is 2.18 bits per heavy atom. The molecule has 1 rings (SSSR count). The van der Waals surface area contributed by atoms with Crippen molar-refractivity contribution >= 4 is 27.5 Å². The molecule has 0 atom stereocenters. The third-order valence-corrected chi connectivity index (χ3v) is 5.32. The van der Waals surface area contributed by atoms with Crippen molar-refractivity contribution in [1.82, 2.24) is 5.32 Å². The topological polar surface area (TPSA) is 41.1 Å². The Hall–Kier alpha value is -1.29. The monoisotopic (exact) mass is 450 g/mol. The van der Waals surface area contributed by atoms with Crippen LogP contribution in [0.1, 0.15) is 87.9 Å². The van der Waals surface area contributed by atoms with Crippen molar-refractivity contribution < 1.29 is 4.79 Å². The lowest BCUT2D eigenvalue weighted by atomic mass is 10.1. The summed E-state index contributed by atoms with van der Waals surface area (Å²) >= 11 is 3.36. The second-order valence-corrected chi connectivity index (χ2v) is 8.12. The van der Waals surface area contributed by atoms with Crippen LogP contribution >= 0.6 is 15.9 Å². The maximum absolute atomic E-state index is 12.0. The van der Waals surface area contributed by atoms with Gasteiger partial charge in [0.05, 0.1) is 0 Å². The number of hydrogen-bond donors (Lipinski definition) is 2. The van der Waals surface area contributed by atoms with E-state index in [1.165, 1.54) is 51.4 Å². The molecule has 0 fully saturated rings. The standard InChI is InChI=1S/C24H39BrN2O/c1-2-3-4-5-6-7-8-9-10-11-12-13-20-26-23-17-15-22(16-18-23)24(28)27-21-14-19-25/h10-11,15-18,26H,2-9,12-14,19-21H2,1H3,(H,27,28)/b11-10+. The summed E-state index contributed by atoms with van der Waals surface area (Å²) in [6, 6.07) is 7.73. The Labute approximate surface area is 180 Å². The van der Waals surface area contributed by atoms with Crippen molar-refractivity contribution in [3.05, 3.63) is 42.0 Å². The van der Waals surface area contributed by atoms with E-state index in [1.807, 2.05) is 24.3 Å². The molecule has 0 aliphatic heterocycles. The van der Waals surface area contributed by atoms with E-state index >= 15 is 0 Å². The van der Waals surface area contributed by atoms with Gasteiger partial charge < -0.3 is 10.6 Å². The summed E-state index contributed by atoms with van der Waals surface area (Å²) in [5, 5.41) is 7.25. The van der Waals surface area contributed by atoms with Crippen molar-refractivity contribution in [2.45, 2.75) is 77.6 Å². The molecule has 158 valence electrons. The first kappa shape index (κ1) is 24.7. The van der Waals surface area contributed by atoms with E-state index in [0.29, 0.717) is 12.1 Å². The summed E-state index contributed by atoms with van der Waals surface area (Å²) in [5.41, 5.74) is 1.79. The zero-order valence-electron chi connectivity index (χ0n) is 17.6. The number of hydrogen-bond acceptors (Lipinski definition) is 2. The van der Waals surface area contributed by atoms with Crippen molar-refractivity contribution in [2.75, 3.05) is 23.7 Å². The number of nitrogens with one attached hydrogen (secondary N) is 2. The molecule has 4 heteroatoms. The highest BCUT2D eigenvalue weighted by atomic mass is 79.9. The van der Waals surface area contributed by atoms with Gasteiger partial charge in [-0.05, 0) is 56.4 Å². The lowest BCUT2D eigenvalue weighted by Crippen LogP contribution is -2.24. The molecular weight excluding hydrogens is 412 g/mol. The second kappa shape index (κ2) is 17.8. The molecule has 0 spiro atoms. The van der Waals surface area contributed by atoms with Crippen LogP contribution < -0.4 is 10.6 Å². The first-order valence-electron chi connectivity index (χ1n) is 11.1. The Morgan fingerprint density at radius 2 is 1.50 bits per heavy atom. The molecule has 0 aliphatic rings. The van der Waals surface area contributed by atoms with Crippen LogP contribution in [-0.2, 0) is 0 Å². The molecule has 0 heterocycles. The van der Waals surface area contributed by atoms with E-state index in [2.05, 4.69) is 45.6 Å². The SMILES string of the molecule is CCCCCCCCC/C=C/CCCNc1ccc(C(=O)NCCCBr)cc1. The van der Waals surface area contributed by atoms with Crippen LogP contribution in [0.4, 0.5) is 5.69 Å². The molecule has 2 N–H and O–H groups in total. The summed E-state index contributed by atoms with van der Waals surface area (Å²) in [6.07, 6.45) is 18.7. The Kier molecular flexibility index (Phi) is 15.7. The van der Waals surface area contributed by atoms with E-state index in [9.17, 15) is 4.79 Å². The van der Waals surface area contributed by atoms with Gasteiger partial charge in [-0.2, -0.15) is 0 Å². The number of anilines is 1. The number of benzene rings is 1. The molecular formula is C24H39BrN2O. The number of allylic oxidation sites excluding steroid dienone is 2. The van der Waals surface area contributed by atoms with E-state index < -0.39 is 0 Å². The van der Waals surface area contributed by atoms with Gasteiger partial charge >= 0.3 is 0 Å². The average Bonchev–Trinajstić information content (AvgIpc) is 2.72. The average molecular weight is 451 g/mol. The summed E-state index contributed by atoms with van der Waals surface area (Å²) < 4.78 is 0. The number of alkyl halides is 1. The fraction of sp³-hybridized carbons (Fsp3) is 0.625. The molecule has 3 nitrogen and oxygen atoms in total. The van der Waals surface area contributed by atoms with E-state index in [1.54, 1.807) is 0 Å². The highest BCUT2D eigenvalue weighted by molar-refractivity contribution is 9.09. The highest BCUT2D eigenvalue weighted by Gasteiger charge is 2.04. The van der Waals surface area contributed by atoms with Crippen LogP contribution in [0.5, 0.6) is 0 Å². The predicted octanol–water partition coefficient (Wildman–Crippen LogP) is 7.09. The van der Waals surface area contributed by atoms with Crippen molar-refractivity contribution in [1.29, 1.82) is 0 Å². The third-order valence-electron chi connectivity index (χ3n) is 4.76. The minimum atomic E-state index is -0.00130. The minimum absolute atomic E-state index is 0.00130. The van der Waals surface area contributed by atoms with E-state index in [0.717, 1.165) is 36.8 Å². The van der Waals surface area contributed by atoms with Gasteiger partial charge in [0.2, 0.25) is 0 Å². The first-order chi connectivity index (χ1) is 13.8. The summed E-state index contributed by atoms with van der Waals surface area (Å²) in [7, 11) is 0. The maximum Gasteiger partial charge on any atom is 0.251 e. The lowest BCUT2D eigenvalue weighted by molar-refractivity contribution is 0.0954. The summed E-state index contributed by atoms with van der Waals surface area (Å²) in [5.74, 6) is -0.00130. The molecule has 1 aromatic carbocycles. The molecule has 0 radical (unpaired) electrons. The zero-order chi connectivity index (χ0) is 20.3. The van der Waals surface area contributed by atoms with Gasteiger partial charge in [-0.25, -0.2) is 0 Å². The van der Waals surface area contributed by atoms with E-state index in [4.69, 9.17) is 0 Å². The molecule has 0 aromatic heterocycles. The van der Waals surface area contributed by atoms with Gasteiger partial charge in [0.15, 0.2) is 0 Å². The maximum atomic E-state index is 12.0. The van der Waals surface area contributed by atoms with Gasteiger partial charge in [0.25, 0.3) is 5.91 Å². The molecule has 1 amide bonds. The Bertz CT molecular complexity index is 528. The predicted molar refractivity (Wildman–Crippen MR) is 127 cm³/mol. The molecule has 0 saturated carbocycles. The van der Waals surface area contributed by atoms with Crippen LogP contribution in [0.25, 0.3) is 0 Å². The molecule has 0 unspecified atom stereocenters. The normalized spacial score (nSPS) is 11.1. The van der Waals surface area contributed by atoms with Gasteiger partial charge in [-0.3, -0.25) is 4.79 Å². The fourth-order valence-electron chi connectivity index (χ4n) is 3.02. The molecule has 0 bridgehead atoms. The molecule has 0 saturated heterocycles. The highest BCUT2D eigenvalue weighted by Crippen LogP contribution is 2.11. The van der Waals surface area contributed by atoms with Gasteiger partial charge in [0, 0.05) is 29.7 Å². The van der Waals surface area contributed by atoms with Gasteiger partial charge in [0.1, 0.15) is 0 Å². The summed E-state index contributed by atoms with van der Waals surface area (Å²) in [4.78, 5) is 12.0.